The number of rotatable bonds is 6. The van der Waals surface area contributed by atoms with Gasteiger partial charge in [-0.15, -0.1) is 0 Å². The van der Waals surface area contributed by atoms with Gasteiger partial charge in [0, 0.05) is 17.2 Å². The number of carbonyl (C=O) groups is 2. The third-order valence-corrected chi connectivity index (χ3v) is 4.91. The molecular formula is C20H25NO3S. The standard InChI is InChI=1S/C20H25NO3S/c1-5-15-16(20(23)25-7-3)13(4)21-18(14-11-9-8-10-12-14)17(15)19(22)24-6-2/h8-12,15,21H,5-7H2,1-4H3/t15-/m1/s1. The number of dihydropyridines is 1. The van der Waals surface area contributed by atoms with Crippen molar-refractivity contribution in [2.24, 2.45) is 5.92 Å². The summed E-state index contributed by atoms with van der Waals surface area (Å²) in [5, 5.41) is 3.32. The van der Waals surface area contributed by atoms with Gasteiger partial charge in [0.2, 0.25) is 5.12 Å². The first kappa shape index (κ1) is 19.3. The van der Waals surface area contributed by atoms with Gasteiger partial charge < -0.3 is 10.1 Å². The molecule has 1 heterocycles. The lowest BCUT2D eigenvalue weighted by atomic mass is 9.82. The fraction of sp³-hybridized carbons (Fsp3) is 0.400. The summed E-state index contributed by atoms with van der Waals surface area (Å²) in [6.07, 6.45) is 0.662. The molecule has 0 aromatic heterocycles. The van der Waals surface area contributed by atoms with Gasteiger partial charge in [0.1, 0.15) is 0 Å². The Balaban J connectivity index is 2.59. The molecule has 1 aromatic carbocycles. The molecule has 0 amide bonds. The first-order valence-corrected chi connectivity index (χ1v) is 9.65. The highest BCUT2D eigenvalue weighted by atomic mass is 32.2. The van der Waals surface area contributed by atoms with Gasteiger partial charge >= 0.3 is 5.97 Å². The van der Waals surface area contributed by atoms with Crippen molar-refractivity contribution in [2.75, 3.05) is 12.4 Å². The van der Waals surface area contributed by atoms with Crippen LogP contribution in [0.15, 0.2) is 47.2 Å². The van der Waals surface area contributed by atoms with E-state index >= 15 is 0 Å². The molecule has 1 aromatic rings. The van der Waals surface area contributed by atoms with Crippen LogP contribution in [0.2, 0.25) is 0 Å². The Labute approximate surface area is 153 Å². The lowest BCUT2D eigenvalue weighted by molar-refractivity contribution is -0.139. The molecule has 0 aliphatic carbocycles. The third kappa shape index (κ3) is 4.15. The highest BCUT2D eigenvalue weighted by Crippen LogP contribution is 2.38. The highest BCUT2D eigenvalue weighted by molar-refractivity contribution is 8.14. The second-order valence-corrected chi connectivity index (χ2v) is 6.96. The van der Waals surface area contributed by atoms with Crippen LogP contribution in [0, 0.1) is 5.92 Å². The second kappa shape index (κ2) is 8.90. The molecule has 1 aliphatic rings. The predicted octanol–water partition coefficient (Wildman–Crippen LogP) is 4.14. The molecule has 0 unspecified atom stereocenters. The number of benzene rings is 1. The SMILES string of the molecule is CCOC(=O)C1=C(c2ccccc2)NC(C)=C(C(=O)SCC)[C@H]1CC. The zero-order chi connectivity index (χ0) is 18.4. The van der Waals surface area contributed by atoms with Gasteiger partial charge in [-0.05, 0) is 31.6 Å². The van der Waals surface area contributed by atoms with Gasteiger partial charge in [-0.1, -0.05) is 55.9 Å². The van der Waals surface area contributed by atoms with Crippen LogP contribution in [0.1, 0.15) is 39.7 Å². The summed E-state index contributed by atoms with van der Waals surface area (Å²) in [5.74, 6) is 0.0813. The van der Waals surface area contributed by atoms with Gasteiger partial charge in [0.05, 0.1) is 17.9 Å². The number of esters is 1. The van der Waals surface area contributed by atoms with Crippen LogP contribution in [0.25, 0.3) is 5.70 Å². The van der Waals surface area contributed by atoms with Gasteiger partial charge in [-0.25, -0.2) is 4.79 Å². The van der Waals surface area contributed by atoms with Crippen molar-refractivity contribution < 1.29 is 14.3 Å². The predicted molar refractivity (Wildman–Crippen MR) is 103 cm³/mol. The van der Waals surface area contributed by atoms with Gasteiger partial charge in [-0.2, -0.15) is 0 Å². The van der Waals surface area contributed by atoms with Crippen molar-refractivity contribution in [3.8, 4) is 0 Å². The highest BCUT2D eigenvalue weighted by Gasteiger charge is 2.36. The van der Waals surface area contributed by atoms with E-state index in [0.717, 1.165) is 17.0 Å². The smallest absolute Gasteiger partial charge is 0.336 e. The maximum Gasteiger partial charge on any atom is 0.336 e. The fourth-order valence-corrected chi connectivity index (χ4v) is 3.81. The molecule has 4 nitrogen and oxygen atoms in total. The van der Waals surface area contributed by atoms with E-state index in [2.05, 4.69) is 5.32 Å². The maximum atomic E-state index is 12.7. The van der Waals surface area contributed by atoms with Gasteiger partial charge in [0.25, 0.3) is 0 Å². The summed E-state index contributed by atoms with van der Waals surface area (Å²) >= 11 is 1.27. The van der Waals surface area contributed by atoms with Crippen LogP contribution in [0.3, 0.4) is 0 Å². The summed E-state index contributed by atoms with van der Waals surface area (Å²) in [6, 6.07) is 9.70. The lowest BCUT2D eigenvalue weighted by Crippen LogP contribution is -2.32. The Kier molecular flexibility index (Phi) is 6.88. The zero-order valence-corrected chi connectivity index (χ0v) is 16.0. The number of allylic oxidation sites excluding steroid dienone is 1. The Hall–Kier alpha value is -2.01. The molecule has 0 saturated carbocycles. The molecule has 1 aliphatic heterocycles. The van der Waals surface area contributed by atoms with Crippen LogP contribution < -0.4 is 5.32 Å². The molecule has 2 rings (SSSR count). The molecule has 0 spiro atoms. The lowest BCUT2D eigenvalue weighted by Gasteiger charge is -2.31. The molecule has 0 saturated heterocycles. The minimum atomic E-state index is -0.361. The van der Waals surface area contributed by atoms with Crippen molar-refractivity contribution >= 4 is 28.5 Å². The Morgan fingerprint density at radius 1 is 1.12 bits per heavy atom. The number of ether oxygens (including phenoxy) is 1. The number of hydrogen-bond donors (Lipinski definition) is 1. The minimum Gasteiger partial charge on any atom is -0.463 e. The Morgan fingerprint density at radius 3 is 2.36 bits per heavy atom. The fourth-order valence-electron chi connectivity index (χ4n) is 3.10. The largest absolute Gasteiger partial charge is 0.463 e. The third-order valence-electron chi connectivity index (χ3n) is 4.14. The van der Waals surface area contributed by atoms with E-state index in [0.29, 0.717) is 29.9 Å². The molecule has 0 fully saturated rings. The number of carbonyl (C=O) groups excluding carboxylic acids is 2. The second-order valence-electron chi connectivity index (χ2n) is 5.72. The molecule has 1 N–H and O–H groups in total. The average Bonchev–Trinajstić information content (AvgIpc) is 2.61. The monoisotopic (exact) mass is 359 g/mol. The van der Waals surface area contributed by atoms with E-state index < -0.39 is 0 Å². The van der Waals surface area contributed by atoms with Crippen molar-refractivity contribution in [1.29, 1.82) is 0 Å². The molecule has 5 heteroatoms. The van der Waals surface area contributed by atoms with Crippen molar-refractivity contribution in [2.45, 2.75) is 34.1 Å². The van der Waals surface area contributed by atoms with Gasteiger partial charge in [0.15, 0.2) is 0 Å². The molecule has 1 atom stereocenters. The Bertz CT molecular complexity index is 707. The van der Waals surface area contributed by atoms with E-state index in [1.54, 1.807) is 6.92 Å². The van der Waals surface area contributed by atoms with E-state index in [9.17, 15) is 9.59 Å². The molecule has 0 bridgehead atoms. The minimum absolute atomic E-state index is 0.0215. The number of thioether (sulfide) groups is 1. The normalized spacial score (nSPS) is 17.4. The van der Waals surface area contributed by atoms with E-state index in [1.165, 1.54) is 11.8 Å². The van der Waals surface area contributed by atoms with Gasteiger partial charge in [-0.3, -0.25) is 4.79 Å². The molecule has 134 valence electrons. The van der Waals surface area contributed by atoms with Crippen LogP contribution in [-0.2, 0) is 14.3 Å². The van der Waals surface area contributed by atoms with Crippen molar-refractivity contribution in [1.82, 2.24) is 5.32 Å². The van der Waals surface area contributed by atoms with E-state index in [-0.39, 0.29) is 17.0 Å². The van der Waals surface area contributed by atoms with Crippen molar-refractivity contribution in [3.05, 3.63) is 52.7 Å². The number of nitrogens with one attached hydrogen (secondary N) is 1. The summed E-state index contributed by atoms with van der Waals surface area (Å²) < 4.78 is 5.31. The summed E-state index contributed by atoms with van der Waals surface area (Å²) in [5.41, 5.74) is 3.68. The number of hydrogen-bond acceptors (Lipinski definition) is 5. The molecule has 0 radical (unpaired) electrons. The van der Waals surface area contributed by atoms with Crippen LogP contribution in [-0.4, -0.2) is 23.4 Å². The van der Waals surface area contributed by atoms with Crippen LogP contribution in [0.4, 0.5) is 0 Å². The van der Waals surface area contributed by atoms with Crippen LogP contribution in [0.5, 0.6) is 0 Å². The molecule has 25 heavy (non-hydrogen) atoms. The summed E-state index contributed by atoms with van der Waals surface area (Å²) in [7, 11) is 0. The Morgan fingerprint density at radius 2 is 1.80 bits per heavy atom. The summed E-state index contributed by atoms with van der Waals surface area (Å²) in [4.78, 5) is 25.4. The van der Waals surface area contributed by atoms with Crippen LogP contribution >= 0.6 is 11.8 Å². The first-order chi connectivity index (χ1) is 12.0. The summed E-state index contributed by atoms with van der Waals surface area (Å²) in [6.45, 7) is 7.94. The topological polar surface area (TPSA) is 55.4 Å². The first-order valence-electron chi connectivity index (χ1n) is 8.66. The maximum absolute atomic E-state index is 12.7. The van der Waals surface area contributed by atoms with E-state index in [4.69, 9.17) is 4.74 Å². The quantitative estimate of drug-likeness (QED) is 0.774. The average molecular weight is 359 g/mol. The zero-order valence-electron chi connectivity index (χ0n) is 15.2. The van der Waals surface area contributed by atoms with Crippen molar-refractivity contribution in [3.63, 3.8) is 0 Å². The van der Waals surface area contributed by atoms with E-state index in [1.807, 2.05) is 51.1 Å². The molecular weight excluding hydrogens is 334 g/mol.